The maximum atomic E-state index is 5.73. The molecule has 94 valence electrons. The van der Waals surface area contributed by atoms with Crippen molar-refractivity contribution in [1.82, 2.24) is 25.2 Å². The second kappa shape index (κ2) is 6.05. The Bertz CT molecular complexity index is 390. The third-order valence-electron chi connectivity index (χ3n) is 2.29. The molecule has 0 bridgehead atoms. The first-order valence-electron chi connectivity index (χ1n) is 5.43. The summed E-state index contributed by atoms with van der Waals surface area (Å²) in [7, 11) is 3.94. The van der Waals surface area contributed by atoms with E-state index >= 15 is 0 Å². The van der Waals surface area contributed by atoms with Crippen LogP contribution in [0.2, 0.25) is 0 Å². The van der Waals surface area contributed by atoms with E-state index in [0.717, 1.165) is 11.4 Å². The summed E-state index contributed by atoms with van der Waals surface area (Å²) in [5.74, 6) is 0. The Kier molecular flexibility index (Phi) is 4.71. The van der Waals surface area contributed by atoms with Gasteiger partial charge in [0.15, 0.2) is 0 Å². The average Bonchev–Trinajstić information content (AvgIpc) is 2.72. The largest absolute Gasteiger partial charge is 0.378 e. The minimum absolute atomic E-state index is 0.0955. The summed E-state index contributed by atoms with van der Waals surface area (Å²) >= 11 is 0. The van der Waals surface area contributed by atoms with E-state index in [2.05, 4.69) is 22.2 Å². The van der Waals surface area contributed by atoms with E-state index < -0.39 is 0 Å². The molecule has 0 aliphatic heterocycles. The van der Waals surface area contributed by atoms with Crippen molar-refractivity contribution in [3.63, 3.8) is 0 Å². The number of allylic oxidation sites excluding steroid dienone is 1. The van der Waals surface area contributed by atoms with Gasteiger partial charge in [-0.15, -0.1) is 5.10 Å². The lowest BCUT2D eigenvalue weighted by atomic mass is 10.3. The molecule has 1 rings (SSSR count). The first-order chi connectivity index (χ1) is 8.04. The van der Waals surface area contributed by atoms with Gasteiger partial charge in [-0.3, -0.25) is 0 Å². The van der Waals surface area contributed by atoms with Crippen molar-refractivity contribution in [2.75, 3.05) is 14.1 Å². The zero-order valence-corrected chi connectivity index (χ0v) is 10.6. The predicted octanol–water partition coefficient (Wildman–Crippen LogP) is 0.434. The summed E-state index contributed by atoms with van der Waals surface area (Å²) in [6, 6.07) is -0.0955. The van der Waals surface area contributed by atoms with E-state index in [1.165, 1.54) is 0 Å². The number of nitrogens with zero attached hydrogens (tertiary/aromatic N) is 4. The monoisotopic (exact) mass is 236 g/mol. The first-order valence-corrected chi connectivity index (χ1v) is 5.43. The van der Waals surface area contributed by atoms with E-state index in [1.807, 2.05) is 38.3 Å². The van der Waals surface area contributed by atoms with Crippen LogP contribution in [-0.2, 0) is 6.54 Å². The standard InChI is InChI=1S/C11H20N6/c1-5-13-6-10(16(3)4)7-17-8-11(9(2)12)14-15-17/h5-6,8-9,13H,1,7,12H2,2-4H3/b10-6-. The van der Waals surface area contributed by atoms with Crippen LogP contribution in [0, 0.1) is 0 Å². The highest BCUT2D eigenvalue weighted by Crippen LogP contribution is 2.06. The third kappa shape index (κ3) is 3.92. The Morgan fingerprint density at radius 1 is 1.71 bits per heavy atom. The first kappa shape index (κ1) is 13.2. The summed E-state index contributed by atoms with van der Waals surface area (Å²) in [5, 5.41) is 11.0. The van der Waals surface area contributed by atoms with Gasteiger partial charge in [-0.2, -0.15) is 0 Å². The van der Waals surface area contributed by atoms with Crippen molar-refractivity contribution < 1.29 is 0 Å². The lowest BCUT2D eigenvalue weighted by molar-refractivity contribution is 0.450. The van der Waals surface area contributed by atoms with Crippen LogP contribution in [0.3, 0.4) is 0 Å². The lowest BCUT2D eigenvalue weighted by Crippen LogP contribution is -2.18. The van der Waals surface area contributed by atoms with Crippen LogP contribution < -0.4 is 11.1 Å². The van der Waals surface area contributed by atoms with Gasteiger partial charge >= 0.3 is 0 Å². The second-order valence-corrected chi connectivity index (χ2v) is 4.03. The van der Waals surface area contributed by atoms with E-state index in [0.29, 0.717) is 6.54 Å². The van der Waals surface area contributed by atoms with Crippen molar-refractivity contribution >= 4 is 0 Å². The number of aromatic nitrogens is 3. The summed E-state index contributed by atoms with van der Waals surface area (Å²) in [4.78, 5) is 2.00. The van der Waals surface area contributed by atoms with Gasteiger partial charge in [0, 0.05) is 26.3 Å². The molecule has 1 aromatic rings. The van der Waals surface area contributed by atoms with Gasteiger partial charge in [-0.1, -0.05) is 11.8 Å². The van der Waals surface area contributed by atoms with Crippen LogP contribution >= 0.6 is 0 Å². The fraction of sp³-hybridized carbons (Fsp3) is 0.455. The lowest BCUT2D eigenvalue weighted by Gasteiger charge is -2.16. The third-order valence-corrected chi connectivity index (χ3v) is 2.29. The zero-order valence-electron chi connectivity index (χ0n) is 10.6. The molecule has 0 aliphatic rings. The fourth-order valence-corrected chi connectivity index (χ4v) is 1.24. The molecule has 0 saturated carbocycles. The Labute approximate surface area is 102 Å². The van der Waals surface area contributed by atoms with Crippen molar-refractivity contribution in [2.24, 2.45) is 5.73 Å². The average molecular weight is 236 g/mol. The summed E-state index contributed by atoms with van der Waals surface area (Å²) < 4.78 is 1.76. The molecule has 0 fully saturated rings. The number of hydrogen-bond acceptors (Lipinski definition) is 5. The molecule has 1 unspecified atom stereocenters. The van der Waals surface area contributed by atoms with E-state index in [4.69, 9.17) is 5.73 Å². The maximum absolute atomic E-state index is 5.73. The number of nitrogens with two attached hydrogens (primary N) is 1. The van der Waals surface area contributed by atoms with Crippen LogP contribution in [0.1, 0.15) is 18.7 Å². The molecule has 0 radical (unpaired) electrons. The highest BCUT2D eigenvalue weighted by molar-refractivity contribution is 5.03. The molecule has 3 N–H and O–H groups in total. The highest BCUT2D eigenvalue weighted by atomic mass is 15.4. The molecule has 6 heteroatoms. The van der Waals surface area contributed by atoms with Crippen LogP contribution in [0.5, 0.6) is 0 Å². The van der Waals surface area contributed by atoms with Gasteiger partial charge in [0.05, 0.1) is 24.1 Å². The molecule has 0 amide bonds. The molecule has 0 aliphatic carbocycles. The number of likely N-dealkylation sites (N-methyl/N-ethyl adjacent to an activating group) is 1. The zero-order chi connectivity index (χ0) is 12.8. The minimum Gasteiger partial charge on any atom is -0.378 e. The molecular formula is C11H20N6. The number of nitrogens with one attached hydrogen (secondary N) is 1. The SMILES string of the molecule is C=CN/C=C(/Cn1cc(C(C)N)nn1)N(C)C. The number of rotatable bonds is 6. The van der Waals surface area contributed by atoms with E-state index in [9.17, 15) is 0 Å². The van der Waals surface area contributed by atoms with Gasteiger partial charge in [-0.05, 0) is 13.1 Å². The molecule has 0 spiro atoms. The summed E-state index contributed by atoms with van der Waals surface area (Å²) in [5.41, 5.74) is 7.58. The van der Waals surface area contributed by atoms with E-state index in [-0.39, 0.29) is 6.04 Å². The minimum atomic E-state index is -0.0955. The molecule has 0 aromatic carbocycles. The van der Waals surface area contributed by atoms with Crippen LogP contribution in [0.4, 0.5) is 0 Å². The van der Waals surface area contributed by atoms with Gasteiger partial charge in [0.25, 0.3) is 0 Å². The molecule has 0 saturated heterocycles. The molecule has 1 heterocycles. The smallest absolute Gasteiger partial charge is 0.0991 e. The topological polar surface area (TPSA) is 72.0 Å². The van der Waals surface area contributed by atoms with E-state index in [1.54, 1.807) is 10.9 Å². The Morgan fingerprint density at radius 3 is 2.88 bits per heavy atom. The normalized spacial score (nSPS) is 13.3. The van der Waals surface area contributed by atoms with Crippen LogP contribution in [-0.4, -0.2) is 34.0 Å². The molecule has 17 heavy (non-hydrogen) atoms. The summed E-state index contributed by atoms with van der Waals surface area (Å²) in [6.45, 7) is 6.12. The predicted molar refractivity (Wildman–Crippen MR) is 67.7 cm³/mol. The van der Waals surface area contributed by atoms with Crippen molar-refractivity contribution in [3.05, 3.63) is 36.6 Å². The van der Waals surface area contributed by atoms with Crippen molar-refractivity contribution in [3.8, 4) is 0 Å². The van der Waals surface area contributed by atoms with Gasteiger partial charge in [0.2, 0.25) is 0 Å². The summed E-state index contributed by atoms with van der Waals surface area (Å²) in [6.07, 6.45) is 5.36. The molecular weight excluding hydrogens is 216 g/mol. The van der Waals surface area contributed by atoms with Gasteiger partial charge in [0.1, 0.15) is 0 Å². The van der Waals surface area contributed by atoms with Crippen molar-refractivity contribution in [2.45, 2.75) is 19.5 Å². The molecule has 6 nitrogen and oxygen atoms in total. The molecule has 1 atom stereocenters. The van der Waals surface area contributed by atoms with Crippen LogP contribution in [0.15, 0.2) is 30.9 Å². The van der Waals surface area contributed by atoms with Crippen molar-refractivity contribution in [1.29, 1.82) is 0 Å². The quantitative estimate of drug-likeness (QED) is 0.749. The highest BCUT2D eigenvalue weighted by Gasteiger charge is 2.07. The Hall–Kier alpha value is -1.82. The second-order valence-electron chi connectivity index (χ2n) is 4.03. The fourth-order valence-electron chi connectivity index (χ4n) is 1.24. The number of hydrogen-bond donors (Lipinski definition) is 2. The van der Waals surface area contributed by atoms with Crippen LogP contribution in [0.25, 0.3) is 0 Å². The Morgan fingerprint density at radius 2 is 2.41 bits per heavy atom. The maximum Gasteiger partial charge on any atom is 0.0991 e. The van der Waals surface area contributed by atoms with Gasteiger partial charge in [-0.25, -0.2) is 4.68 Å². The Balaban J connectivity index is 2.75. The molecule has 1 aromatic heterocycles. The van der Waals surface area contributed by atoms with Gasteiger partial charge < -0.3 is 16.0 Å².